The SMILES string of the molecule is FNc1cccc2ccccc12. The molecule has 1 N–H and O–H groups in total. The van der Waals surface area contributed by atoms with Crippen LogP contribution in [0.1, 0.15) is 0 Å². The van der Waals surface area contributed by atoms with Crippen LogP contribution >= 0.6 is 0 Å². The molecule has 12 heavy (non-hydrogen) atoms. The fourth-order valence-corrected chi connectivity index (χ4v) is 1.31. The Morgan fingerprint density at radius 1 is 0.917 bits per heavy atom. The van der Waals surface area contributed by atoms with Gasteiger partial charge in [0, 0.05) is 5.39 Å². The van der Waals surface area contributed by atoms with Crippen molar-refractivity contribution in [3.63, 3.8) is 0 Å². The van der Waals surface area contributed by atoms with E-state index in [2.05, 4.69) is 0 Å². The summed E-state index contributed by atoms with van der Waals surface area (Å²) in [6.45, 7) is 0. The molecule has 0 aliphatic heterocycles. The largest absolute Gasteiger partial charge is 0.224 e. The average molecular weight is 161 g/mol. The van der Waals surface area contributed by atoms with E-state index in [1.165, 1.54) is 0 Å². The van der Waals surface area contributed by atoms with Crippen LogP contribution in [0.15, 0.2) is 42.5 Å². The third-order valence-corrected chi connectivity index (χ3v) is 1.89. The van der Waals surface area contributed by atoms with Crippen molar-refractivity contribution in [2.75, 3.05) is 5.54 Å². The lowest BCUT2D eigenvalue weighted by atomic mass is 10.1. The maximum absolute atomic E-state index is 12.2. The Morgan fingerprint density at radius 3 is 2.50 bits per heavy atom. The van der Waals surface area contributed by atoms with Crippen molar-refractivity contribution in [3.8, 4) is 0 Å². The predicted molar refractivity (Wildman–Crippen MR) is 48.7 cm³/mol. The maximum atomic E-state index is 12.2. The van der Waals surface area contributed by atoms with Gasteiger partial charge in [0.2, 0.25) is 0 Å². The van der Waals surface area contributed by atoms with Gasteiger partial charge < -0.3 is 0 Å². The molecule has 0 spiro atoms. The fraction of sp³-hybridized carbons (Fsp3) is 0. The topological polar surface area (TPSA) is 12.0 Å². The van der Waals surface area contributed by atoms with E-state index in [1.54, 1.807) is 11.6 Å². The summed E-state index contributed by atoms with van der Waals surface area (Å²) in [4.78, 5) is 0. The molecule has 0 radical (unpaired) electrons. The Hall–Kier alpha value is -1.57. The first-order chi connectivity index (χ1) is 5.92. The summed E-state index contributed by atoms with van der Waals surface area (Å²) >= 11 is 0. The monoisotopic (exact) mass is 161 g/mol. The third kappa shape index (κ3) is 1.01. The Kier molecular flexibility index (Phi) is 1.67. The smallest absolute Gasteiger partial charge is 0.0734 e. The minimum Gasteiger partial charge on any atom is -0.224 e. The van der Waals surface area contributed by atoms with Gasteiger partial charge in [-0.2, -0.15) is 0 Å². The van der Waals surface area contributed by atoms with Gasteiger partial charge in [0.15, 0.2) is 0 Å². The van der Waals surface area contributed by atoms with E-state index in [0.29, 0.717) is 5.69 Å². The quantitative estimate of drug-likeness (QED) is 0.633. The first kappa shape index (κ1) is 7.10. The lowest BCUT2D eigenvalue weighted by Gasteiger charge is -2.01. The zero-order chi connectivity index (χ0) is 8.39. The Morgan fingerprint density at radius 2 is 1.67 bits per heavy atom. The van der Waals surface area contributed by atoms with Crippen LogP contribution in [0.3, 0.4) is 0 Å². The van der Waals surface area contributed by atoms with E-state index in [0.717, 1.165) is 10.8 Å². The molecule has 2 rings (SSSR count). The molecule has 0 amide bonds. The number of fused-ring (bicyclic) bond motifs is 1. The minimum atomic E-state index is 0.521. The van der Waals surface area contributed by atoms with Gasteiger partial charge in [-0.3, -0.25) is 0 Å². The summed E-state index contributed by atoms with van der Waals surface area (Å²) in [7, 11) is 0. The predicted octanol–water partition coefficient (Wildman–Crippen LogP) is 3.14. The van der Waals surface area contributed by atoms with Gasteiger partial charge in [-0.1, -0.05) is 36.4 Å². The van der Waals surface area contributed by atoms with Gasteiger partial charge in [-0.05, 0) is 11.5 Å². The van der Waals surface area contributed by atoms with Crippen LogP contribution in [0, 0.1) is 0 Å². The van der Waals surface area contributed by atoms with E-state index in [4.69, 9.17) is 0 Å². The van der Waals surface area contributed by atoms with Crippen LogP contribution in [0.25, 0.3) is 10.8 Å². The van der Waals surface area contributed by atoms with Gasteiger partial charge in [0.1, 0.15) is 0 Å². The highest BCUT2D eigenvalue weighted by molar-refractivity contribution is 5.93. The molecular weight excluding hydrogens is 153 g/mol. The number of rotatable bonds is 1. The standard InChI is InChI=1S/C10H8FN/c11-12-10-7-3-5-8-4-1-2-6-9(8)10/h1-7,12H. The molecule has 2 aromatic carbocycles. The third-order valence-electron chi connectivity index (χ3n) is 1.89. The van der Waals surface area contributed by atoms with Crippen LogP contribution < -0.4 is 5.54 Å². The molecule has 60 valence electrons. The van der Waals surface area contributed by atoms with E-state index in [-0.39, 0.29) is 0 Å². The fourth-order valence-electron chi connectivity index (χ4n) is 1.31. The summed E-state index contributed by atoms with van der Waals surface area (Å²) in [6, 6.07) is 13.2. The summed E-state index contributed by atoms with van der Waals surface area (Å²) in [5.74, 6) is 0. The van der Waals surface area contributed by atoms with E-state index in [9.17, 15) is 4.48 Å². The first-order valence-electron chi connectivity index (χ1n) is 3.76. The molecule has 0 unspecified atom stereocenters. The molecule has 0 saturated carbocycles. The van der Waals surface area contributed by atoms with Crippen molar-refractivity contribution >= 4 is 16.5 Å². The second-order valence-electron chi connectivity index (χ2n) is 2.62. The number of benzene rings is 2. The van der Waals surface area contributed by atoms with Crippen LogP contribution in [0.5, 0.6) is 0 Å². The van der Waals surface area contributed by atoms with Crippen molar-refractivity contribution < 1.29 is 4.48 Å². The summed E-state index contributed by atoms with van der Waals surface area (Å²) in [5, 5.41) is 1.95. The van der Waals surface area contributed by atoms with Gasteiger partial charge >= 0.3 is 0 Å². The average Bonchev–Trinajstić information content (AvgIpc) is 2.17. The molecule has 2 aromatic rings. The summed E-state index contributed by atoms with van der Waals surface area (Å²) < 4.78 is 12.2. The molecular formula is C10H8FN. The van der Waals surface area contributed by atoms with E-state index >= 15 is 0 Å². The van der Waals surface area contributed by atoms with E-state index in [1.807, 2.05) is 36.4 Å². The molecule has 0 fully saturated rings. The van der Waals surface area contributed by atoms with Crippen LogP contribution in [0.4, 0.5) is 10.2 Å². The molecule has 0 aromatic heterocycles. The molecule has 0 saturated heterocycles. The highest BCUT2D eigenvalue weighted by Crippen LogP contribution is 2.22. The lowest BCUT2D eigenvalue weighted by Crippen LogP contribution is -1.82. The van der Waals surface area contributed by atoms with Gasteiger partial charge in [-0.25, -0.2) is 5.54 Å². The Bertz CT molecular complexity index is 392. The number of hydrogen-bond donors (Lipinski definition) is 1. The van der Waals surface area contributed by atoms with Crippen molar-refractivity contribution in [3.05, 3.63) is 42.5 Å². The molecule has 0 heterocycles. The van der Waals surface area contributed by atoms with Gasteiger partial charge in [0.05, 0.1) is 5.69 Å². The molecule has 0 aliphatic carbocycles. The van der Waals surface area contributed by atoms with Crippen LogP contribution in [-0.2, 0) is 0 Å². The van der Waals surface area contributed by atoms with Gasteiger partial charge in [0.25, 0.3) is 0 Å². The number of anilines is 1. The summed E-state index contributed by atoms with van der Waals surface area (Å²) in [5.41, 5.74) is 2.19. The molecule has 0 atom stereocenters. The van der Waals surface area contributed by atoms with Crippen LogP contribution in [0.2, 0.25) is 0 Å². The normalized spacial score (nSPS) is 10.1. The van der Waals surface area contributed by atoms with Crippen molar-refractivity contribution in [2.24, 2.45) is 0 Å². The molecule has 2 heteroatoms. The van der Waals surface area contributed by atoms with E-state index < -0.39 is 0 Å². The zero-order valence-corrected chi connectivity index (χ0v) is 6.42. The number of halogens is 1. The van der Waals surface area contributed by atoms with Crippen molar-refractivity contribution in [1.29, 1.82) is 0 Å². The van der Waals surface area contributed by atoms with Crippen molar-refractivity contribution in [1.82, 2.24) is 0 Å². The molecule has 1 nitrogen and oxygen atoms in total. The zero-order valence-electron chi connectivity index (χ0n) is 6.42. The Balaban J connectivity index is 2.79. The second kappa shape index (κ2) is 2.81. The number of hydrogen-bond acceptors (Lipinski definition) is 1. The summed E-state index contributed by atoms with van der Waals surface area (Å²) in [6.07, 6.45) is 0. The minimum absolute atomic E-state index is 0.521. The molecule has 0 aliphatic rings. The highest BCUT2D eigenvalue weighted by Gasteiger charge is 1.96. The first-order valence-corrected chi connectivity index (χ1v) is 3.76. The number of nitrogens with one attached hydrogen (secondary N) is 1. The lowest BCUT2D eigenvalue weighted by molar-refractivity contribution is 0.619. The van der Waals surface area contributed by atoms with Gasteiger partial charge in [-0.15, -0.1) is 4.48 Å². The van der Waals surface area contributed by atoms with Crippen LogP contribution in [-0.4, -0.2) is 0 Å². The highest BCUT2D eigenvalue weighted by atomic mass is 19.2. The van der Waals surface area contributed by atoms with Crippen molar-refractivity contribution in [2.45, 2.75) is 0 Å². The maximum Gasteiger partial charge on any atom is 0.0734 e. The molecule has 0 bridgehead atoms. The Labute approximate surface area is 69.8 Å². The second-order valence-corrected chi connectivity index (χ2v) is 2.62.